The van der Waals surface area contributed by atoms with Gasteiger partial charge in [0, 0.05) is 0 Å². The third-order valence-electron chi connectivity index (χ3n) is 5.28. The summed E-state index contributed by atoms with van der Waals surface area (Å²) in [7, 11) is 2.97. The molecule has 0 aromatic heterocycles. The van der Waals surface area contributed by atoms with Crippen LogP contribution in [-0.2, 0) is 11.3 Å². The monoisotopic (exact) mass is 466 g/mol. The summed E-state index contributed by atoms with van der Waals surface area (Å²) in [6.45, 7) is 0.334. The summed E-state index contributed by atoms with van der Waals surface area (Å²) in [6.07, 6.45) is 1.79. The van der Waals surface area contributed by atoms with E-state index in [-0.39, 0.29) is 5.97 Å². The van der Waals surface area contributed by atoms with Crippen LogP contribution in [0.4, 0.5) is 11.4 Å². The number of anilines is 2. The zero-order valence-corrected chi connectivity index (χ0v) is 19.6. The number of carbonyl (C=O) groups is 1. The van der Waals surface area contributed by atoms with Crippen molar-refractivity contribution in [1.29, 1.82) is 0 Å². The van der Waals surface area contributed by atoms with Gasteiger partial charge in [-0.05, 0) is 65.7 Å². The summed E-state index contributed by atoms with van der Waals surface area (Å²) in [5.41, 5.74) is 4.21. The summed E-state index contributed by atoms with van der Waals surface area (Å²) >= 11 is 0. The van der Waals surface area contributed by atoms with Gasteiger partial charge in [-0.1, -0.05) is 48.5 Å². The molecule has 4 aromatic carbocycles. The largest absolute Gasteiger partial charge is 0.493 e. The number of hydrogen-bond donors (Lipinski definition) is 0. The minimum atomic E-state index is -0.366. The Bertz CT molecular complexity index is 1230. The van der Waals surface area contributed by atoms with E-state index in [2.05, 4.69) is 0 Å². The lowest BCUT2D eigenvalue weighted by molar-refractivity contribution is 0.0600. The van der Waals surface area contributed by atoms with Crippen molar-refractivity contribution in [2.45, 2.75) is 6.61 Å². The minimum Gasteiger partial charge on any atom is -0.493 e. The summed E-state index contributed by atoms with van der Waals surface area (Å²) in [5, 5.41) is 6.62. The number of rotatable bonds is 9. The fourth-order valence-corrected chi connectivity index (χ4v) is 3.44. The van der Waals surface area contributed by atoms with E-state index in [0.717, 1.165) is 22.5 Å². The van der Waals surface area contributed by atoms with Gasteiger partial charge in [0.2, 0.25) is 0 Å². The molecule has 0 spiro atoms. The highest BCUT2D eigenvalue weighted by atomic mass is 16.5. The molecule has 0 fully saturated rings. The van der Waals surface area contributed by atoms with Crippen molar-refractivity contribution >= 4 is 23.6 Å². The van der Waals surface area contributed by atoms with Gasteiger partial charge in [-0.15, -0.1) is 0 Å². The first-order valence-corrected chi connectivity index (χ1v) is 11.1. The Hall–Kier alpha value is -4.58. The fourth-order valence-electron chi connectivity index (χ4n) is 3.44. The van der Waals surface area contributed by atoms with Crippen molar-refractivity contribution in [1.82, 2.24) is 0 Å². The van der Waals surface area contributed by atoms with Gasteiger partial charge in [-0.2, -0.15) is 5.10 Å². The van der Waals surface area contributed by atoms with Gasteiger partial charge in [0.15, 0.2) is 11.5 Å². The zero-order chi connectivity index (χ0) is 24.5. The summed E-state index contributed by atoms with van der Waals surface area (Å²) < 4.78 is 16.2. The fraction of sp³-hybridized carbons (Fsp3) is 0.103. The number of methoxy groups -OCH3 is 2. The van der Waals surface area contributed by atoms with Crippen molar-refractivity contribution in [2.75, 3.05) is 19.2 Å². The van der Waals surface area contributed by atoms with Crippen LogP contribution < -0.4 is 14.5 Å². The molecule has 0 bridgehead atoms. The Labute approximate surface area is 205 Å². The van der Waals surface area contributed by atoms with Gasteiger partial charge >= 0.3 is 5.97 Å². The molecule has 6 heteroatoms. The van der Waals surface area contributed by atoms with E-state index in [4.69, 9.17) is 19.3 Å². The third kappa shape index (κ3) is 6.06. The molecule has 0 aliphatic carbocycles. The minimum absolute atomic E-state index is 0.334. The second-order valence-electron chi connectivity index (χ2n) is 7.61. The molecule has 0 aliphatic heterocycles. The maximum absolute atomic E-state index is 11.6. The predicted molar refractivity (Wildman–Crippen MR) is 138 cm³/mol. The second kappa shape index (κ2) is 11.5. The summed E-state index contributed by atoms with van der Waals surface area (Å²) in [6, 6.07) is 32.7. The van der Waals surface area contributed by atoms with Crippen LogP contribution in [0.1, 0.15) is 21.5 Å². The normalized spacial score (nSPS) is 10.7. The first kappa shape index (κ1) is 23.6. The molecule has 0 radical (unpaired) electrons. The SMILES string of the molecule is COC(=O)c1ccc(COc2ccc(/C=N/N(c3ccccc3)c3ccccc3)cc2OC)cc1. The number of hydrogen-bond acceptors (Lipinski definition) is 6. The van der Waals surface area contributed by atoms with E-state index >= 15 is 0 Å². The van der Waals surface area contributed by atoms with E-state index < -0.39 is 0 Å². The van der Waals surface area contributed by atoms with Crippen LogP contribution in [0.25, 0.3) is 0 Å². The van der Waals surface area contributed by atoms with Crippen LogP contribution in [0.15, 0.2) is 108 Å². The van der Waals surface area contributed by atoms with Gasteiger partial charge < -0.3 is 14.2 Å². The molecule has 6 nitrogen and oxygen atoms in total. The highest BCUT2D eigenvalue weighted by molar-refractivity contribution is 5.89. The molecule has 4 rings (SSSR count). The van der Waals surface area contributed by atoms with Gasteiger partial charge in [0.05, 0.1) is 37.4 Å². The number of carbonyl (C=O) groups excluding carboxylic acids is 1. The molecular weight excluding hydrogens is 440 g/mol. The average Bonchev–Trinajstić information content (AvgIpc) is 2.93. The van der Waals surface area contributed by atoms with Crippen LogP contribution in [0.5, 0.6) is 11.5 Å². The summed E-state index contributed by atoms with van der Waals surface area (Å²) in [4.78, 5) is 11.6. The molecule has 4 aromatic rings. The second-order valence-corrected chi connectivity index (χ2v) is 7.61. The first-order valence-electron chi connectivity index (χ1n) is 11.1. The molecule has 0 unspecified atom stereocenters. The lowest BCUT2D eigenvalue weighted by Crippen LogP contribution is -2.09. The Balaban J connectivity index is 1.49. The number of nitrogens with zero attached hydrogens (tertiary/aromatic N) is 2. The number of esters is 1. The van der Waals surface area contributed by atoms with Crippen molar-refractivity contribution in [3.8, 4) is 11.5 Å². The van der Waals surface area contributed by atoms with Gasteiger partial charge in [0.1, 0.15) is 6.61 Å². The standard InChI is InChI=1S/C29H26N2O4/c1-33-28-19-23(15-18-27(28)35-21-22-13-16-24(17-14-22)29(32)34-2)20-30-31(25-9-5-3-6-10-25)26-11-7-4-8-12-26/h3-20H,21H2,1-2H3/b30-20+. The van der Waals surface area contributed by atoms with Gasteiger partial charge in [-0.3, -0.25) is 0 Å². The topological polar surface area (TPSA) is 60.4 Å². The zero-order valence-electron chi connectivity index (χ0n) is 19.6. The Kier molecular flexibility index (Phi) is 7.76. The lowest BCUT2D eigenvalue weighted by atomic mass is 10.1. The molecule has 0 saturated carbocycles. The van der Waals surface area contributed by atoms with Crippen LogP contribution in [0.2, 0.25) is 0 Å². The number of hydrazone groups is 1. The number of benzene rings is 4. The number of para-hydroxylation sites is 2. The van der Waals surface area contributed by atoms with Gasteiger partial charge in [0.25, 0.3) is 0 Å². The Morgan fingerprint density at radius 3 is 2.00 bits per heavy atom. The smallest absolute Gasteiger partial charge is 0.337 e. The molecule has 176 valence electrons. The van der Waals surface area contributed by atoms with Crippen LogP contribution in [-0.4, -0.2) is 26.4 Å². The Morgan fingerprint density at radius 1 is 0.800 bits per heavy atom. The van der Waals surface area contributed by atoms with E-state index in [1.807, 2.05) is 96.0 Å². The van der Waals surface area contributed by atoms with Crippen molar-refractivity contribution in [2.24, 2.45) is 5.10 Å². The van der Waals surface area contributed by atoms with Crippen molar-refractivity contribution in [3.05, 3.63) is 120 Å². The predicted octanol–water partition coefficient (Wildman–Crippen LogP) is 6.23. The molecule has 0 heterocycles. The Morgan fingerprint density at radius 2 is 1.43 bits per heavy atom. The lowest BCUT2D eigenvalue weighted by Gasteiger charge is -2.19. The van der Waals surface area contributed by atoms with E-state index in [0.29, 0.717) is 23.7 Å². The molecule has 35 heavy (non-hydrogen) atoms. The first-order chi connectivity index (χ1) is 17.2. The molecule has 0 amide bonds. The van der Waals surface area contributed by atoms with Crippen molar-refractivity contribution in [3.63, 3.8) is 0 Å². The molecular formula is C29H26N2O4. The average molecular weight is 467 g/mol. The van der Waals surface area contributed by atoms with E-state index in [9.17, 15) is 4.79 Å². The molecule has 0 atom stereocenters. The van der Waals surface area contributed by atoms with Crippen molar-refractivity contribution < 1.29 is 19.0 Å². The summed E-state index contributed by atoms with van der Waals surface area (Å²) in [5.74, 6) is 0.852. The number of ether oxygens (including phenoxy) is 3. The maximum atomic E-state index is 11.6. The highest BCUT2D eigenvalue weighted by Crippen LogP contribution is 2.29. The van der Waals surface area contributed by atoms with E-state index in [1.54, 1.807) is 25.5 Å². The molecule has 0 aliphatic rings. The third-order valence-corrected chi connectivity index (χ3v) is 5.28. The van der Waals surface area contributed by atoms with Crippen LogP contribution in [0.3, 0.4) is 0 Å². The van der Waals surface area contributed by atoms with Crippen LogP contribution in [0, 0.1) is 0 Å². The van der Waals surface area contributed by atoms with E-state index in [1.165, 1.54) is 7.11 Å². The quantitative estimate of drug-likeness (QED) is 0.166. The molecule has 0 N–H and O–H groups in total. The highest BCUT2D eigenvalue weighted by Gasteiger charge is 2.09. The molecule has 0 saturated heterocycles. The van der Waals surface area contributed by atoms with Crippen LogP contribution >= 0.6 is 0 Å². The van der Waals surface area contributed by atoms with Gasteiger partial charge in [-0.25, -0.2) is 9.80 Å². The maximum Gasteiger partial charge on any atom is 0.337 e.